The lowest BCUT2D eigenvalue weighted by atomic mass is 9.82. The van der Waals surface area contributed by atoms with Gasteiger partial charge in [-0.2, -0.15) is 0 Å². The van der Waals surface area contributed by atoms with Crippen LogP contribution in [0.4, 0.5) is 4.39 Å². The van der Waals surface area contributed by atoms with Crippen LogP contribution in [-0.2, 0) is 0 Å². The van der Waals surface area contributed by atoms with E-state index in [0.717, 1.165) is 13.0 Å². The summed E-state index contributed by atoms with van der Waals surface area (Å²) in [5.74, 6) is 0. The van der Waals surface area contributed by atoms with Crippen LogP contribution in [0.2, 0.25) is 0 Å². The highest BCUT2D eigenvalue weighted by molar-refractivity contribution is 4.93. The number of allylic oxidation sites excluding steroid dienone is 2. The van der Waals surface area contributed by atoms with Crippen molar-refractivity contribution < 1.29 is 4.39 Å². The van der Waals surface area contributed by atoms with Gasteiger partial charge in [0.1, 0.15) is 5.67 Å². The molecule has 0 aromatic rings. The monoisotopic (exact) mass is 282 g/mol. The predicted molar refractivity (Wildman–Crippen MR) is 85.8 cm³/mol. The highest BCUT2D eigenvalue weighted by atomic mass is 19.1. The van der Waals surface area contributed by atoms with E-state index in [4.69, 9.17) is 0 Å². The van der Waals surface area contributed by atoms with Crippen LogP contribution in [0, 0.1) is 5.41 Å². The van der Waals surface area contributed by atoms with Crippen molar-refractivity contribution in [3.63, 3.8) is 0 Å². The third-order valence-corrected chi connectivity index (χ3v) is 4.27. The van der Waals surface area contributed by atoms with E-state index in [-0.39, 0.29) is 0 Å². The molecular weight excluding hydrogens is 251 g/mol. The van der Waals surface area contributed by atoms with Gasteiger partial charge >= 0.3 is 0 Å². The molecule has 2 N–H and O–H groups in total. The lowest BCUT2D eigenvalue weighted by Gasteiger charge is -2.26. The summed E-state index contributed by atoms with van der Waals surface area (Å²) in [6.07, 6.45) is 10.0. The summed E-state index contributed by atoms with van der Waals surface area (Å²) in [6, 6.07) is 0. The molecule has 0 saturated carbocycles. The molecule has 116 valence electrons. The Morgan fingerprint density at radius 1 is 1.00 bits per heavy atom. The fourth-order valence-electron chi connectivity index (χ4n) is 2.95. The van der Waals surface area contributed by atoms with Crippen LogP contribution in [0.25, 0.3) is 0 Å². The molecule has 0 aromatic heterocycles. The zero-order valence-electron chi connectivity index (χ0n) is 13.0. The molecule has 0 aliphatic carbocycles. The number of alkyl halides is 1. The molecule has 0 aromatic carbocycles. The highest BCUT2D eigenvalue weighted by Crippen LogP contribution is 2.29. The minimum Gasteiger partial charge on any atom is -0.316 e. The molecule has 2 nitrogen and oxygen atoms in total. The minimum absolute atomic E-state index is 0.484. The van der Waals surface area contributed by atoms with E-state index in [0.29, 0.717) is 24.8 Å². The molecule has 0 radical (unpaired) electrons. The van der Waals surface area contributed by atoms with Crippen LogP contribution in [-0.4, -0.2) is 31.8 Å². The van der Waals surface area contributed by atoms with Crippen molar-refractivity contribution in [2.24, 2.45) is 5.41 Å². The van der Waals surface area contributed by atoms with Crippen LogP contribution in [0.5, 0.6) is 0 Å². The topological polar surface area (TPSA) is 24.1 Å². The zero-order valence-corrected chi connectivity index (χ0v) is 13.0. The van der Waals surface area contributed by atoms with Crippen LogP contribution in [0.15, 0.2) is 25.3 Å². The average molecular weight is 282 g/mol. The molecular formula is C17H31FN2. The van der Waals surface area contributed by atoms with E-state index in [1.165, 1.54) is 32.4 Å². The van der Waals surface area contributed by atoms with Crippen molar-refractivity contribution in [1.29, 1.82) is 0 Å². The fourth-order valence-corrected chi connectivity index (χ4v) is 2.95. The quantitative estimate of drug-likeness (QED) is 0.770. The molecule has 0 amide bonds. The van der Waals surface area contributed by atoms with E-state index in [2.05, 4.69) is 30.7 Å². The van der Waals surface area contributed by atoms with Gasteiger partial charge in [-0.1, -0.05) is 25.5 Å². The van der Waals surface area contributed by atoms with Crippen molar-refractivity contribution in [3.05, 3.63) is 25.3 Å². The van der Waals surface area contributed by atoms with E-state index >= 15 is 0 Å². The number of halogens is 1. The summed E-state index contributed by atoms with van der Waals surface area (Å²) in [7, 11) is 0. The van der Waals surface area contributed by atoms with Crippen molar-refractivity contribution >= 4 is 0 Å². The molecule has 0 spiro atoms. The Kier molecular flexibility index (Phi) is 7.46. The molecule has 2 fully saturated rings. The van der Waals surface area contributed by atoms with Gasteiger partial charge in [0.15, 0.2) is 0 Å². The molecule has 0 unspecified atom stereocenters. The molecule has 2 saturated heterocycles. The maximum Gasteiger partial charge on any atom is 0.128 e. The Morgan fingerprint density at radius 3 is 2.30 bits per heavy atom. The van der Waals surface area contributed by atoms with Crippen molar-refractivity contribution in [2.45, 2.75) is 51.1 Å². The summed E-state index contributed by atoms with van der Waals surface area (Å²) in [4.78, 5) is 0. The highest BCUT2D eigenvalue weighted by Gasteiger charge is 2.31. The second-order valence-corrected chi connectivity index (χ2v) is 6.51. The molecule has 0 bridgehead atoms. The predicted octanol–water partition coefficient (Wildman–Crippen LogP) is 3.61. The van der Waals surface area contributed by atoms with Gasteiger partial charge in [0.05, 0.1) is 0 Å². The van der Waals surface area contributed by atoms with E-state index in [1.54, 1.807) is 6.08 Å². The minimum atomic E-state index is -0.984. The number of hydrogen-bond acceptors (Lipinski definition) is 2. The third-order valence-electron chi connectivity index (χ3n) is 4.27. The first-order chi connectivity index (χ1) is 9.54. The van der Waals surface area contributed by atoms with Crippen LogP contribution >= 0.6 is 0 Å². The standard InChI is InChI=1S/C10H19N.C7H12FN/c1-3-6-10(2)7-4-5-8-11-9-10;1-2-3-7(8)4-5-9-6-7/h3,11H,1,4-9H2,2H3;2,9H,1,3-6H2/t10-;7-/m10/s1. The zero-order chi connectivity index (χ0) is 14.9. The summed E-state index contributed by atoms with van der Waals surface area (Å²) >= 11 is 0. The Hall–Kier alpha value is -0.670. The lowest BCUT2D eigenvalue weighted by molar-refractivity contribution is 0.195. The van der Waals surface area contributed by atoms with Gasteiger partial charge in [0.25, 0.3) is 0 Å². The van der Waals surface area contributed by atoms with Gasteiger partial charge < -0.3 is 10.6 Å². The van der Waals surface area contributed by atoms with Gasteiger partial charge in [-0.05, 0) is 44.2 Å². The SMILES string of the molecule is C=CC[C@]1(C)CCCCNC1.C=CC[C@]1(F)CCNC1. The molecule has 2 aliphatic rings. The summed E-state index contributed by atoms with van der Waals surface area (Å²) in [5, 5.41) is 6.45. The first-order valence-electron chi connectivity index (χ1n) is 7.86. The molecule has 3 heteroatoms. The second-order valence-electron chi connectivity index (χ2n) is 6.51. The maximum absolute atomic E-state index is 13.2. The van der Waals surface area contributed by atoms with Crippen molar-refractivity contribution in [3.8, 4) is 0 Å². The largest absolute Gasteiger partial charge is 0.316 e. The number of rotatable bonds is 4. The fraction of sp³-hybridized carbons (Fsp3) is 0.765. The van der Waals surface area contributed by atoms with Gasteiger partial charge in [0, 0.05) is 19.5 Å². The Labute approximate surface area is 123 Å². The summed E-state index contributed by atoms with van der Waals surface area (Å²) < 4.78 is 13.2. The lowest BCUT2D eigenvalue weighted by Crippen LogP contribution is -2.29. The van der Waals surface area contributed by atoms with Gasteiger partial charge in [-0.25, -0.2) is 4.39 Å². The Bertz CT molecular complexity index is 287. The van der Waals surface area contributed by atoms with Gasteiger partial charge in [-0.15, -0.1) is 13.2 Å². The van der Waals surface area contributed by atoms with E-state index in [9.17, 15) is 4.39 Å². The van der Waals surface area contributed by atoms with Gasteiger partial charge in [0.2, 0.25) is 0 Å². The third kappa shape index (κ3) is 6.19. The first-order valence-corrected chi connectivity index (χ1v) is 7.86. The number of hydrogen-bond donors (Lipinski definition) is 2. The molecule has 2 heterocycles. The first kappa shape index (κ1) is 17.4. The maximum atomic E-state index is 13.2. The molecule has 20 heavy (non-hydrogen) atoms. The Balaban J connectivity index is 0.000000204. The van der Waals surface area contributed by atoms with Crippen LogP contribution < -0.4 is 10.6 Å². The summed E-state index contributed by atoms with van der Waals surface area (Å²) in [6.45, 7) is 13.3. The number of nitrogens with one attached hydrogen (secondary N) is 2. The second kappa shape index (κ2) is 8.58. The van der Waals surface area contributed by atoms with Crippen molar-refractivity contribution in [2.75, 3.05) is 26.2 Å². The average Bonchev–Trinajstić information content (AvgIpc) is 2.70. The van der Waals surface area contributed by atoms with Crippen molar-refractivity contribution in [1.82, 2.24) is 10.6 Å². The molecule has 2 atom stereocenters. The van der Waals surface area contributed by atoms with Gasteiger partial charge in [-0.3, -0.25) is 0 Å². The van der Waals surface area contributed by atoms with Crippen LogP contribution in [0.3, 0.4) is 0 Å². The smallest absolute Gasteiger partial charge is 0.128 e. The van der Waals surface area contributed by atoms with Crippen LogP contribution in [0.1, 0.15) is 45.4 Å². The molecule has 2 aliphatic heterocycles. The summed E-state index contributed by atoms with van der Waals surface area (Å²) in [5.41, 5.74) is -0.500. The molecule has 2 rings (SSSR count). The Morgan fingerprint density at radius 2 is 1.70 bits per heavy atom. The van der Waals surface area contributed by atoms with E-state index < -0.39 is 5.67 Å². The normalized spacial score (nSPS) is 33.7. The van der Waals surface area contributed by atoms with E-state index in [1.807, 2.05) is 6.08 Å².